The Balaban J connectivity index is 1.72. The fourth-order valence-corrected chi connectivity index (χ4v) is 3.24. The summed E-state index contributed by atoms with van der Waals surface area (Å²) < 4.78 is 0. The predicted molar refractivity (Wildman–Crippen MR) is 68.6 cm³/mol. The van der Waals surface area contributed by atoms with E-state index in [9.17, 15) is 4.79 Å². The molecule has 3 heteroatoms. The molecule has 90 valence electrons. The maximum Gasteiger partial charge on any atom is 0.230 e. The van der Waals surface area contributed by atoms with Crippen LogP contribution in [0.5, 0.6) is 0 Å². The Bertz CT molecular complexity index is 430. The van der Waals surface area contributed by atoms with E-state index in [1.807, 2.05) is 31.3 Å². The SMILES string of the molecule is CN(C(=O)C1C2CCCC21)c1ccc(N)cc1. The Labute approximate surface area is 102 Å². The number of hydrogen-bond donors (Lipinski definition) is 1. The molecule has 2 aliphatic rings. The first kappa shape index (κ1) is 10.6. The molecule has 2 fully saturated rings. The number of benzene rings is 1. The summed E-state index contributed by atoms with van der Waals surface area (Å²) in [6.45, 7) is 0. The lowest BCUT2D eigenvalue weighted by Crippen LogP contribution is -2.29. The van der Waals surface area contributed by atoms with Crippen LogP contribution in [0.15, 0.2) is 24.3 Å². The van der Waals surface area contributed by atoms with Crippen LogP contribution < -0.4 is 10.6 Å². The number of carbonyl (C=O) groups excluding carboxylic acids is 1. The molecule has 1 aromatic rings. The molecule has 0 bridgehead atoms. The molecule has 1 aromatic carbocycles. The monoisotopic (exact) mass is 230 g/mol. The van der Waals surface area contributed by atoms with Crippen LogP contribution in [0.25, 0.3) is 0 Å². The van der Waals surface area contributed by atoms with Crippen molar-refractivity contribution < 1.29 is 4.79 Å². The minimum absolute atomic E-state index is 0.282. The van der Waals surface area contributed by atoms with E-state index in [4.69, 9.17) is 5.73 Å². The van der Waals surface area contributed by atoms with Crippen LogP contribution in [0.3, 0.4) is 0 Å². The van der Waals surface area contributed by atoms with Gasteiger partial charge in [-0.15, -0.1) is 0 Å². The van der Waals surface area contributed by atoms with Gasteiger partial charge in [0.15, 0.2) is 0 Å². The standard InChI is InChI=1S/C14H18N2O/c1-16(10-7-5-9(15)6-8-10)14(17)13-11-3-2-4-12(11)13/h5-8,11-13H,2-4,15H2,1H3. The van der Waals surface area contributed by atoms with Crippen molar-refractivity contribution in [1.29, 1.82) is 0 Å². The van der Waals surface area contributed by atoms with Crippen LogP contribution >= 0.6 is 0 Å². The Morgan fingerprint density at radius 3 is 2.41 bits per heavy atom. The van der Waals surface area contributed by atoms with Crippen molar-refractivity contribution >= 4 is 17.3 Å². The van der Waals surface area contributed by atoms with Gasteiger partial charge < -0.3 is 10.6 Å². The van der Waals surface area contributed by atoms with Gasteiger partial charge in [-0.25, -0.2) is 0 Å². The number of fused-ring (bicyclic) bond motifs is 1. The molecule has 17 heavy (non-hydrogen) atoms. The molecule has 3 rings (SSSR count). The topological polar surface area (TPSA) is 46.3 Å². The molecular weight excluding hydrogens is 212 g/mol. The van der Waals surface area contributed by atoms with Crippen LogP contribution in [-0.2, 0) is 4.79 Å². The zero-order chi connectivity index (χ0) is 12.0. The average molecular weight is 230 g/mol. The third-order valence-corrected chi connectivity index (χ3v) is 4.30. The molecule has 1 amide bonds. The van der Waals surface area contributed by atoms with Gasteiger partial charge in [0.25, 0.3) is 0 Å². The van der Waals surface area contributed by atoms with E-state index in [-0.39, 0.29) is 5.91 Å². The molecule has 2 N–H and O–H groups in total. The lowest BCUT2D eigenvalue weighted by molar-refractivity contribution is -0.120. The molecule has 0 aliphatic heterocycles. The smallest absolute Gasteiger partial charge is 0.230 e. The maximum atomic E-state index is 12.3. The van der Waals surface area contributed by atoms with Crippen LogP contribution in [0, 0.1) is 17.8 Å². The molecule has 0 saturated heterocycles. The minimum atomic E-state index is 0.282. The minimum Gasteiger partial charge on any atom is -0.399 e. The number of carbonyl (C=O) groups is 1. The van der Waals surface area contributed by atoms with E-state index >= 15 is 0 Å². The summed E-state index contributed by atoms with van der Waals surface area (Å²) in [7, 11) is 1.86. The van der Waals surface area contributed by atoms with Crippen molar-refractivity contribution in [2.75, 3.05) is 17.7 Å². The van der Waals surface area contributed by atoms with Gasteiger partial charge in [-0.05, 0) is 48.9 Å². The van der Waals surface area contributed by atoms with E-state index in [1.165, 1.54) is 19.3 Å². The zero-order valence-electron chi connectivity index (χ0n) is 10.1. The Kier molecular flexibility index (Phi) is 2.35. The Morgan fingerprint density at radius 2 is 1.82 bits per heavy atom. The van der Waals surface area contributed by atoms with Crippen LogP contribution in [0.4, 0.5) is 11.4 Å². The molecule has 0 radical (unpaired) electrons. The van der Waals surface area contributed by atoms with Crippen molar-refractivity contribution in [3.8, 4) is 0 Å². The van der Waals surface area contributed by atoms with Crippen molar-refractivity contribution in [2.45, 2.75) is 19.3 Å². The fourth-order valence-electron chi connectivity index (χ4n) is 3.24. The summed E-state index contributed by atoms with van der Waals surface area (Å²) in [5.74, 6) is 1.94. The largest absolute Gasteiger partial charge is 0.399 e. The highest BCUT2D eigenvalue weighted by atomic mass is 16.2. The summed E-state index contributed by atoms with van der Waals surface area (Å²) in [5.41, 5.74) is 7.32. The van der Waals surface area contributed by atoms with Crippen molar-refractivity contribution in [3.05, 3.63) is 24.3 Å². The molecule has 0 heterocycles. The van der Waals surface area contributed by atoms with Gasteiger partial charge in [-0.2, -0.15) is 0 Å². The number of nitrogens with zero attached hydrogens (tertiary/aromatic N) is 1. The van der Waals surface area contributed by atoms with E-state index in [0.717, 1.165) is 11.4 Å². The lowest BCUT2D eigenvalue weighted by atomic mass is 10.1. The summed E-state index contributed by atoms with van der Waals surface area (Å²) in [5, 5.41) is 0. The highest BCUT2D eigenvalue weighted by molar-refractivity contribution is 5.96. The quantitative estimate of drug-likeness (QED) is 0.792. The van der Waals surface area contributed by atoms with Crippen molar-refractivity contribution in [1.82, 2.24) is 0 Å². The molecule has 2 atom stereocenters. The van der Waals surface area contributed by atoms with Crippen LogP contribution in [0.1, 0.15) is 19.3 Å². The van der Waals surface area contributed by atoms with E-state index in [2.05, 4.69) is 0 Å². The molecule has 0 spiro atoms. The Hall–Kier alpha value is -1.51. The first-order valence-corrected chi connectivity index (χ1v) is 6.31. The molecule has 2 unspecified atom stereocenters. The number of hydrogen-bond acceptors (Lipinski definition) is 2. The summed E-state index contributed by atoms with van der Waals surface area (Å²) in [6.07, 6.45) is 3.80. The van der Waals surface area contributed by atoms with Crippen LogP contribution in [0.2, 0.25) is 0 Å². The molecule has 3 nitrogen and oxygen atoms in total. The average Bonchev–Trinajstić information content (AvgIpc) is 2.81. The first-order chi connectivity index (χ1) is 8.18. The van der Waals surface area contributed by atoms with Gasteiger partial charge in [0.05, 0.1) is 0 Å². The highest BCUT2D eigenvalue weighted by Crippen LogP contribution is 2.58. The van der Waals surface area contributed by atoms with Gasteiger partial charge in [-0.1, -0.05) is 6.42 Å². The van der Waals surface area contributed by atoms with Crippen molar-refractivity contribution in [3.63, 3.8) is 0 Å². The molecule has 2 saturated carbocycles. The van der Waals surface area contributed by atoms with Gasteiger partial charge in [-0.3, -0.25) is 4.79 Å². The fraction of sp³-hybridized carbons (Fsp3) is 0.500. The Morgan fingerprint density at radius 1 is 1.24 bits per heavy atom. The normalized spacial score (nSPS) is 29.8. The first-order valence-electron chi connectivity index (χ1n) is 6.31. The molecule has 0 aromatic heterocycles. The van der Waals surface area contributed by atoms with E-state index in [0.29, 0.717) is 17.8 Å². The lowest BCUT2D eigenvalue weighted by Gasteiger charge is -2.18. The third-order valence-electron chi connectivity index (χ3n) is 4.30. The summed E-state index contributed by atoms with van der Waals surface area (Å²) in [6, 6.07) is 7.50. The van der Waals surface area contributed by atoms with Gasteiger partial charge in [0.2, 0.25) is 5.91 Å². The van der Waals surface area contributed by atoms with Crippen LogP contribution in [-0.4, -0.2) is 13.0 Å². The molecule has 2 aliphatic carbocycles. The zero-order valence-corrected chi connectivity index (χ0v) is 10.1. The maximum absolute atomic E-state index is 12.3. The number of nitrogen functional groups attached to an aromatic ring is 1. The second-order valence-electron chi connectivity index (χ2n) is 5.27. The summed E-state index contributed by atoms with van der Waals surface area (Å²) >= 11 is 0. The van der Waals surface area contributed by atoms with Gasteiger partial charge in [0, 0.05) is 24.3 Å². The van der Waals surface area contributed by atoms with Gasteiger partial charge in [0.1, 0.15) is 0 Å². The number of anilines is 2. The molecular formula is C14H18N2O. The number of rotatable bonds is 2. The highest BCUT2D eigenvalue weighted by Gasteiger charge is 2.57. The van der Waals surface area contributed by atoms with E-state index < -0.39 is 0 Å². The van der Waals surface area contributed by atoms with E-state index in [1.54, 1.807) is 4.90 Å². The predicted octanol–water partition coefficient (Wildman–Crippen LogP) is 2.28. The summed E-state index contributed by atoms with van der Waals surface area (Å²) in [4.78, 5) is 14.1. The van der Waals surface area contributed by atoms with Gasteiger partial charge >= 0.3 is 0 Å². The van der Waals surface area contributed by atoms with Crippen molar-refractivity contribution in [2.24, 2.45) is 17.8 Å². The third kappa shape index (κ3) is 1.70. The number of nitrogens with two attached hydrogens (primary N) is 1. The second kappa shape index (κ2) is 3.76. The second-order valence-corrected chi connectivity index (χ2v) is 5.27. The number of amides is 1.